The van der Waals surface area contributed by atoms with Crippen molar-refractivity contribution in [3.63, 3.8) is 0 Å². The van der Waals surface area contributed by atoms with E-state index < -0.39 is 0 Å². The Kier molecular flexibility index (Phi) is 4.80. The molecule has 0 saturated heterocycles. The van der Waals surface area contributed by atoms with Crippen molar-refractivity contribution in [3.05, 3.63) is 40.4 Å². The number of hydrogen-bond donors (Lipinski definition) is 1. The smallest absolute Gasteiger partial charge is 0.139 e. The molecule has 1 aromatic carbocycles. The fraction of sp³-hybridized carbons (Fsp3) is 0.200. The van der Waals surface area contributed by atoms with Crippen LogP contribution in [0.4, 0.5) is 0 Å². The van der Waals surface area contributed by atoms with Gasteiger partial charge in [0.1, 0.15) is 17.4 Å². The van der Waals surface area contributed by atoms with Gasteiger partial charge in [-0.1, -0.05) is 41.4 Å². The highest BCUT2D eigenvalue weighted by Gasteiger charge is 2.03. The van der Waals surface area contributed by atoms with Crippen LogP contribution in [0.15, 0.2) is 30.4 Å². The minimum Gasteiger partial charge on any atom is -0.488 e. The molecule has 1 aromatic rings. The lowest BCUT2D eigenvalue weighted by Gasteiger charge is -2.05. The van der Waals surface area contributed by atoms with Gasteiger partial charge in [-0.2, -0.15) is 0 Å². The Morgan fingerprint density at radius 2 is 2.07 bits per heavy atom. The summed E-state index contributed by atoms with van der Waals surface area (Å²) >= 11 is 11.7. The molecule has 4 heteroatoms. The molecular formula is C10H11Cl2NO. The van der Waals surface area contributed by atoms with Gasteiger partial charge in [0.2, 0.25) is 0 Å². The van der Waals surface area contributed by atoms with E-state index in [9.17, 15) is 0 Å². The number of halogens is 2. The Balaban J connectivity index is 2.59. The van der Waals surface area contributed by atoms with Gasteiger partial charge in [0.25, 0.3) is 0 Å². The fourth-order valence-corrected chi connectivity index (χ4v) is 1.24. The van der Waals surface area contributed by atoms with Crippen LogP contribution in [0.1, 0.15) is 0 Å². The predicted molar refractivity (Wildman–Crippen MR) is 60.2 cm³/mol. The van der Waals surface area contributed by atoms with E-state index in [1.54, 1.807) is 18.2 Å². The SMILES string of the molecule is NC/C=C/COc1cccc(Cl)c1Cl. The quantitative estimate of drug-likeness (QED) is 0.810. The van der Waals surface area contributed by atoms with Crippen LogP contribution >= 0.6 is 23.2 Å². The molecule has 0 aliphatic rings. The summed E-state index contributed by atoms with van der Waals surface area (Å²) in [6.45, 7) is 0.948. The summed E-state index contributed by atoms with van der Waals surface area (Å²) < 4.78 is 5.36. The topological polar surface area (TPSA) is 35.2 Å². The first-order valence-electron chi connectivity index (χ1n) is 4.17. The zero-order valence-electron chi connectivity index (χ0n) is 7.54. The average Bonchev–Trinajstić information content (AvgIpc) is 2.19. The van der Waals surface area contributed by atoms with Crippen molar-refractivity contribution in [1.29, 1.82) is 0 Å². The molecule has 2 nitrogen and oxygen atoms in total. The highest BCUT2D eigenvalue weighted by molar-refractivity contribution is 6.42. The van der Waals surface area contributed by atoms with E-state index in [2.05, 4.69) is 0 Å². The molecule has 2 N–H and O–H groups in total. The van der Waals surface area contributed by atoms with Crippen LogP contribution in [-0.2, 0) is 0 Å². The lowest BCUT2D eigenvalue weighted by Crippen LogP contribution is -1.97. The Morgan fingerprint density at radius 1 is 1.29 bits per heavy atom. The predicted octanol–water partition coefficient (Wildman–Crippen LogP) is 2.89. The Morgan fingerprint density at radius 3 is 2.79 bits per heavy atom. The van der Waals surface area contributed by atoms with Crippen LogP contribution in [0, 0.1) is 0 Å². The van der Waals surface area contributed by atoms with Crippen molar-refractivity contribution < 1.29 is 4.74 Å². The van der Waals surface area contributed by atoms with E-state index in [0.29, 0.717) is 28.9 Å². The molecule has 0 saturated carbocycles. The highest BCUT2D eigenvalue weighted by Crippen LogP contribution is 2.31. The Hall–Kier alpha value is -0.700. The highest BCUT2D eigenvalue weighted by atomic mass is 35.5. The third kappa shape index (κ3) is 3.22. The van der Waals surface area contributed by atoms with Gasteiger partial charge in [0, 0.05) is 6.54 Å². The number of rotatable bonds is 4. The van der Waals surface area contributed by atoms with Gasteiger partial charge in [-0.05, 0) is 12.1 Å². The molecule has 0 fully saturated rings. The van der Waals surface area contributed by atoms with Crippen molar-refractivity contribution >= 4 is 23.2 Å². The van der Waals surface area contributed by atoms with Gasteiger partial charge in [-0.3, -0.25) is 0 Å². The van der Waals surface area contributed by atoms with E-state index >= 15 is 0 Å². The maximum atomic E-state index is 5.90. The van der Waals surface area contributed by atoms with Gasteiger partial charge >= 0.3 is 0 Å². The Bertz CT molecular complexity index is 326. The summed E-state index contributed by atoms with van der Waals surface area (Å²) in [6.07, 6.45) is 3.65. The third-order valence-electron chi connectivity index (χ3n) is 1.55. The summed E-state index contributed by atoms with van der Waals surface area (Å²) in [7, 11) is 0. The molecule has 1 rings (SSSR count). The number of hydrogen-bond acceptors (Lipinski definition) is 2. The van der Waals surface area contributed by atoms with Crippen molar-refractivity contribution in [1.82, 2.24) is 0 Å². The number of ether oxygens (including phenoxy) is 1. The fourth-order valence-electron chi connectivity index (χ4n) is 0.898. The number of benzene rings is 1. The molecule has 76 valence electrons. The van der Waals surface area contributed by atoms with E-state index in [1.165, 1.54) is 0 Å². The summed E-state index contributed by atoms with van der Waals surface area (Å²) in [5.41, 5.74) is 5.27. The van der Waals surface area contributed by atoms with E-state index in [4.69, 9.17) is 33.7 Å². The maximum Gasteiger partial charge on any atom is 0.139 e. The minimum atomic E-state index is 0.440. The van der Waals surface area contributed by atoms with E-state index in [1.807, 2.05) is 12.2 Å². The van der Waals surface area contributed by atoms with Crippen molar-refractivity contribution in [3.8, 4) is 5.75 Å². The zero-order valence-corrected chi connectivity index (χ0v) is 9.05. The van der Waals surface area contributed by atoms with Gasteiger partial charge in [-0.25, -0.2) is 0 Å². The minimum absolute atomic E-state index is 0.440. The van der Waals surface area contributed by atoms with Crippen LogP contribution in [0.3, 0.4) is 0 Å². The second-order valence-electron chi connectivity index (χ2n) is 2.57. The molecule has 0 aromatic heterocycles. The second-order valence-corrected chi connectivity index (χ2v) is 3.36. The van der Waals surface area contributed by atoms with Gasteiger partial charge in [0.15, 0.2) is 0 Å². The van der Waals surface area contributed by atoms with E-state index in [0.717, 1.165) is 0 Å². The van der Waals surface area contributed by atoms with Crippen LogP contribution in [0.5, 0.6) is 5.75 Å². The Labute approximate surface area is 93.3 Å². The summed E-state index contributed by atoms with van der Waals surface area (Å²) in [4.78, 5) is 0. The van der Waals surface area contributed by atoms with Crippen molar-refractivity contribution in [2.75, 3.05) is 13.2 Å². The molecule has 14 heavy (non-hydrogen) atoms. The summed E-state index contributed by atoms with van der Waals surface area (Å²) in [6, 6.07) is 5.27. The first-order valence-corrected chi connectivity index (χ1v) is 4.93. The molecule has 0 aliphatic carbocycles. The summed E-state index contributed by atoms with van der Waals surface area (Å²) in [5, 5.41) is 0.933. The zero-order chi connectivity index (χ0) is 10.4. The first-order chi connectivity index (χ1) is 6.75. The third-order valence-corrected chi connectivity index (χ3v) is 2.36. The first kappa shape index (κ1) is 11.4. The standard InChI is InChI=1S/C10H11Cl2NO/c11-8-4-3-5-9(10(8)12)14-7-2-1-6-13/h1-5H,6-7,13H2/b2-1+. The maximum absolute atomic E-state index is 5.90. The van der Waals surface area contributed by atoms with Gasteiger partial charge < -0.3 is 10.5 Å². The van der Waals surface area contributed by atoms with Crippen LogP contribution in [-0.4, -0.2) is 13.2 Å². The van der Waals surface area contributed by atoms with Crippen LogP contribution in [0.2, 0.25) is 10.0 Å². The number of nitrogens with two attached hydrogens (primary N) is 1. The van der Waals surface area contributed by atoms with Crippen LogP contribution < -0.4 is 10.5 Å². The largest absolute Gasteiger partial charge is 0.488 e. The molecule has 0 heterocycles. The molecule has 0 amide bonds. The lowest BCUT2D eigenvalue weighted by molar-refractivity contribution is 0.363. The molecule has 0 aliphatic heterocycles. The second kappa shape index (κ2) is 5.91. The monoisotopic (exact) mass is 231 g/mol. The summed E-state index contributed by atoms with van der Waals surface area (Å²) in [5.74, 6) is 0.584. The molecule has 0 unspecified atom stereocenters. The molecule has 0 atom stereocenters. The van der Waals surface area contributed by atoms with E-state index in [-0.39, 0.29) is 0 Å². The normalized spacial score (nSPS) is 10.8. The average molecular weight is 232 g/mol. The molecule has 0 spiro atoms. The van der Waals surface area contributed by atoms with Crippen molar-refractivity contribution in [2.24, 2.45) is 5.73 Å². The molecule has 0 bridgehead atoms. The molecular weight excluding hydrogens is 221 g/mol. The van der Waals surface area contributed by atoms with Crippen molar-refractivity contribution in [2.45, 2.75) is 0 Å². The molecule has 0 radical (unpaired) electrons. The van der Waals surface area contributed by atoms with Gasteiger partial charge in [-0.15, -0.1) is 0 Å². The van der Waals surface area contributed by atoms with Gasteiger partial charge in [0.05, 0.1) is 5.02 Å². The van der Waals surface area contributed by atoms with Crippen LogP contribution in [0.25, 0.3) is 0 Å². The lowest BCUT2D eigenvalue weighted by atomic mass is 10.3.